The number of nitrogens with zero attached hydrogens (tertiary/aromatic N) is 5. The summed E-state index contributed by atoms with van der Waals surface area (Å²) in [7, 11) is 0. The van der Waals surface area contributed by atoms with Gasteiger partial charge in [0.1, 0.15) is 17.1 Å². The van der Waals surface area contributed by atoms with Crippen LogP contribution in [-0.2, 0) is 27.0 Å². The highest BCUT2D eigenvalue weighted by Crippen LogP contribution is 2.41. The number of amides is 2. The summed E-state index contributed by atoms with van der Waals surface area (Å²) in [6.45, 7) is 4.47. The molecule has 0 radical (unpaired) electrons. The molecule has 0 saturated carbocycles. The van der Waals surface area contributed by atoms with Crippen molar-refractivity contribution in [3.8, 4) is 5.69 Å². The number of ether oxygens (including phenoxy) is 2. The van der Waals surface area contributed by atoms with Crippen molar-refractivity contribution in [3.05, 3.63) is 93.1 Å². The van der Waals surface area contributed by atoms with Gasteiger partial charge in [-0.2, -0.15) is 26.3 Å². The van der Waals surface area contributed by atoms with Crippen LogP contribution in [0, 0.1) is 0 Å². The lowest BCUT2D eigenvalue weighted by Gasteiger charge is -2.39. The molecule has 2 saturated heterocycles. The molecule has 2 aromatic carbocycles. The number of likely N-dealkylation sites (tertiary alicyclic amines) is 1. The maximum absolute atomic E-state index is 14.7. The molecule has 0 aliphatic carbocycles. The zero-order valence-corrected chi connectivity index (χ0v) is 31.4. The number of rotatable bonds is 7. The molecule has 302 valence electrons. The summed E-state index contributed by atoms with van der Waals surface area (Å²) in [6, 6.07) is 10.7. The Morgan fingerprint density at radius 3 is 2.32 bits per heavy atom. The summed E-state index contributed by atoms with van der Waals surface area (Å²) in [5, 5.41) is 11.2. The van der Waals surface area contributed by atoms with E-state index in [1.807, 2.05) is 0 Å². The standard InChI is InChI=1S/C38H40ClF6N5O6/c1-35(2,3)56-34(53)49-15-16-55-20-29(49)25-10-9-24(17-28(25)38(43,44)45)50-30(39)18-26-32(50)46-22-48(33(26)52)21-36(54)11-13-47(14-12-36)31(51)19-27(37(40,41)42)23-7-5-4-6-8-23/h4-10,17-18,22,27,29,54H,11-16,19-21H2,1-3H3/t27-,29-/m1/s1. The van der Waals surface area contributed by atoms with E-state index < -0.39 is 65.1 Å². The Morgan fingerprint density at radius 1 is 1.02 bits per heavy atom. The van der Waals surface area contributed by atoms with E-state index in [9.17, 15) is 45.8 Å². The number of hydrogen-bond acceptors (Lipinski definition) is 7. The van der Waals surface area contributed by atoms with E-state index >= 15 is 0 Å². The summed E-state index contributed by atoms with van der Waals surface area (Å²) in [5.41, 5.74) is -4.52. The summed E-state index contributed by atoms with van der Waals surface area (Å²) >= 11 is 6.52. The van der Waals surface area contributed by atoms with Crippen molar-refractivity contribution in [3.63, 3.8) is 0 Å². The van der Waals surface area contributed by atoms with Crippen molar-refractivity contribution < 1.29 is 50.5 Å². The van der Waals surface area contributed by atoms with Gasteiger partial charge in [0.2, 0.25) is 5.91 Å². The van der Waals surface area contributed by atoms with Crippen LogP contribution in [0.25, 0.3) is 16.7 Å². The number of alkyl halides is 6. The fourth-order valence-electron chi connectivity index (χ4n) is 7.12. The average Bonchev–Trinajstić information content (AvgIpc) is 3.47. The first kappa shape index (κ1) is 41.0. The molecule has 0 spiro atoms. The topological polar surface area (TPSA) is 119 Å². The fraction of sp³-hybridized carbons (Fsp3) is 0.474. The van der Waals surface area contributed by atoms with Gasteiger partial charge in [0.05, 0.1) is 48.3 Å². The summed E-state index contributed by atoms with van der Waals surface area (Å²) < 4.78 is 98.9. The number of carbonyl (C=O) groups is 2. The maximum atomic E-state index is 14.7. The third-order valence-electron chi connectivity index (χ3n) is 9.94. The lowest BCUT2D eigenvalue weighted by molar-refractivity contribution is -0.162. The van der Waals surface area contributed by atoms with E-state index in [1.54, 1.807) is 26.8 Å². The molecule has 2 amide bonds. The number of piperidine rings is 1. The highest BCUT2D eigenvalue weighted by molar-refractivity contribution is 6.31. The molecule has 2 atom stereocenters. The monoisotopic (exact) mass is 811 g/mol. The van der Waals surface area contributed by atoms with Crippen molar-refractivity contribution in [2.45, 2.75) is 82.1 Å². The van der Waals surface area contributed by atoms with Crippen molar-refractivity contribution in [2.24, 2.45) is 0 Å². The first-order chi connectivity index (χ1) is 26.1. The summed E-state index contributed by atoms with van der Waals surface area (Å²) in [6.07, 6.45) is -10.1. The lowest BCUT2D eigenvalue weighted by atomic mass is 9.89. The second-order valence-corrected chi connectivity index (χ2v) is 15.5. The first-order valence-electron chi connectivity index (χ1n) is 17.8. The molecule has 18 heteroatoms. The van der Waals surface area contributed by atoms with Crippen molar-refractivity contribution in [2.75, 3.05) is 32.8 Å². The van der Waals surface area contributed by atoms with Crippen LogP contribution < -0.4 is 5.56 Å². The first-order valence-corrected chi connectivity index (χ1v) is 18.2. The number of aliphatic hydroxyl groups is 1. The van der Waals surface area contributed by atoms with E-state index in [0.717, 1.165) is 17.0 Å². The van der Waals surface area contributed by atoms with Crippen LogP contribution in [0.15, 0.2) is 65.7 Å². The molecule has 0 unspecified atom stereocenters. The third kappa shape index (κ3) is 8.84. The summed E-state index contributed by atoms with van der Waals surface area (Å²) in [5.74, 6) is -2.71. The molecule has 4 heterocycles. The van der Waals surface area contributed by atoms with Gasteiger partial charge in [-0.3, -0.25) is 23.6 Å². The number of carbonyl (C=O) groups excluding carboxylic acids is 2. The number of halogens is 7. The minimum Gasteiger partial charge on any atom is -0.444 e. The quantitative estimate of drug-likeness (QED) is 0.195. The van der Waals surface area contributed by atoms with Crippen LogP contribution in [-0.4, -0.2) is 91.3 Å². The highest BCUT2D eigenvalue weighted by atomic mass is 35.5. The van der Waals surface area contributed by atoms with Gasteiger partial charge in [0, 0.05) is 31.7 Å². The van der Waals surface area contributed by atoms with Crippen molar-refractivity contribution in [1.29, 1.82) is 0 Å². The second-order valence-electron chi connectivity index (χ2n) is 15.1. The largest absolute Gasteiger partial charge is 0.444 e. The predicted octanol–water partition coefficient (Wildman–Crippen LogP) is 7.26. The van der Waals surface area contributed by atoms with Crippen LogP contribution >= 0.6 is 11.6 Å². The van der Waals surface area contributed by atoms with Crippen LogP contribution in [0.5, 0.6) is 0 Å². The average molecular weight is 812 g/mol. The molecule has 4 aromatic rings. The van der Waals surface area contributed by atoms with E-state index in [-0.39, 0.29) is 85.2 Å². The molecule has 2 aliphatic heterocycles. The predicted molar refractivity (Wildman–Crippen MR) is 192 cm³/mol. The Labute approximate surface area is 322 Å². The maximum Gasteiger partial charge on any atom is 0.416 e. The fourth-order valence-corrected chi connectivity index (χ4v) is 7.41. The van der Waals surface area contributed by atoms with Gasteiger partial charge in [-0.15, -0.1) is 0 Å². The van der Waals surface area contributed by atoms with Crippen LogP contribution in [0.2, 0.25) is 5.15 Å². The van der Waals surface area contributed by atoms with E-state index in [4.69, 9.17) is 21.1 Å². The SMILES string of the molecule is CC(C)(C)OC(=O)N1CCOC[C@@H]1c1ccc(-n2c(Cl)cc3c(=O)n(CC4(O)CCN(C(=O)C[C@H](c5ccccc5)C(F)(F)F)CC4)cnc32)cc1C(F)(F)F. The molecule has 0 bridgehead atoms. The van der Waals surface area contributed by atoms with Gasteiger partial charge in [-0.05, 0) is 62.9 Å². The molecule has 56 heavy (non-hydrogen) atoms. The number of hydrogen-bond donors (Lipinski definition) is 1. The number of fused-ring (bicyclic) bond motifs is 1. The van der Waals surface area contributed by atoms with Gasteiger partial charge < -0.3 is 19.5 Å². The minimum atomic E-state index is -4.88. The van der Waals surface area contributed by atoms with Crippen LogP contribution in [0.1, 0.15) is 68.7 Å². The highest BCUT2D eigenvalue weighted by Gasteiger charge is 2.44. The van der Waals surface area contributed by atoms with E-state index in [0.29, 0.717) is 0 Å². The van der Waals surface area contributed by atoms with Gasteiger partial charge in [-0.1, -0.05) is 48.0 Å². The Bertz CT molecular complexity index is 2140. The molecule has 11 nitrogen and oxygen atoms in total. The van der Waals surface area contributed by atoms with Crippen molar-refractivity contribution in [1.82, 2.24) is 23.9 Å². The molecule has 1 N–H and O–H groups in total. The number of benzene rings is 2. The van der Waals surface area contributed by atoms with Gasteiger partial charge in [0.25, 0.3) is 5.56 Å². The summed E-state index contributed by atoms with van der Waals surface area (Å²) in [4.78, 5) is 46.4. The normalized spacial score (nSPS) is 18.6. The lowest BCUT2D eigenvalue weighted by Crippen LogP contribution is -2.50. The Kier molecular flexibility index (Phi) is 11.3. The Hall–Kier alpha value is -4.61. The van der Waals surface area contributed by atoms with Crippen LogP contribution in [0.4, 0.5) is 31.1 Å². The van der Waals surface area contributed by atoms with E-state index in [2.05, 4.69) is 4.98 Å². The van der Waals surface area contributed by atoms with Gasteiger partial charge >= 0.3 is 18.4 Å². The minimum absolute atomic E-state index is 0.00549. The zero-order chi connectivity index (χ0) is 40.8. The zero-order valence-electron chi connectivity index (χ0n) is 30.7. The van der Waals surface area contributed by atoms with Gasteiger partial charge in [-0.25, -0.2) is 9.78 Å². The van der Waals surface area contributed by atoms with Crippen LogP contribution in [0.3, 0.4) is 0 Å². The molecule has 2 aromatic heterocycles. The van der Waals surface area contributed by atoms with Gasteiger partial charge in [0.15, 0.2) is 5.65 Å². The Balaban J connectivity index is 1.22. The number of aromatic nitrogens is 3. The van der Waals surface area contributed by atoms with Crippen molar-refractivity contribution >= 4 is 34.6 Å². The van der Waals surface area contributed by atoms with E-state index in [1.165, 1.54) is 56.8 Å². The second kappa shape index (κ2) is 15.4. The molecular weight excluding hydrogens is 772 g/mol. The molecular formula is C38H40ClF6N5O6. The number of morpholine rings is 1. The molecule has 6 rings (SSSR count). The molecule has 2 fully saturated rings. The molecule has 2 aliphatic rings. The Morgan fingerprint density at radius 2 is 1.70 bits per heavy atom. The smallest absolute Gasteiger partial charge is 0.416 e. The third-order valence-corrected chi connectivity index (χ3v) is 10.2.